The normalized spacial score (nSPS) is 16.6. The Morgan fingerprint density at radius 2 is 1.92 bits per heavy atom. The summed E-state index contributed by atoms with van der Waals surface area (Å²) in [6.45, 7) is 8.79. The van der Waals surface area contributed by atoms with Crippen molar-refractivity contribution in [2.75, 3.05) is 57.9 Å². The summed E-state index contributed by atoms with van der Waals surface area (Å²) >= 11 is 0. The van der Waals surface area contributed by atoms with Crippen molar-refractivity contribution >= 4 is 29.0 Å². The summed E-state index contributed by atoms with van der Waals surface area (Å²) in [5.41, 5.74) is 2.64. The number of nitrogens with zero attached hydrogens (tertiary/aromatic N) is 5. The van der Waals surface area contributed by atoms with E-state index in [0.717, 1.165) is 98.9 Å². The van der Waals surface area contributed by atoms with Crippen molar-refractivity contribution in [3.05, 3.63) is 24.0 Å². The molecule has 2 aromatic heterocycles. The van der Waals surface area contributed by atoms with E-state index in [1.807, 2.05) is 25.1 Å². The highest BCUT2D eigenvalue weighted by molar-refractivity contribution is 5.84. The lowest BCUT2D eigenvalue weighted by Gasteiger charge is -2.26. The van der Waals surface area contributed by atoms with Gasteiger partial charge in [0.1, 0.15) is 18.2 Å². The van der Waals surface area contributed by atoms with Gasteiger partial charge in [-0.15, -0.1) is 10.2 Å². The molecule has 0 unspecified atom stereocenters. The van der Waals surface area contributed by atoms with E-state index in [1.165, 1.54) is 25.7 Å². The Hall–Kier alpha value is -3.02. The molecule has 2 fully saturated rings. The predicted octanol–water partition coefficient (Wildman–Crippen LogP) is 2.72. The number of morpholine rings is 1. The second-order valence-corrected chi connectivity index (χ2v) is 9.49. The molecule has 5 rings (SSSR count). The zero-order valence-electron chi connectivity index (χ0n) is 21.7. The van der Waals surface area contributed by atoms with Crippen molar-refractivity contribution in [1.29, 1.82) is 0 Å². The Bertz CT molecular complexity index is 1130. The topological polar surface area (TPSA) is 126 Å². The number of unbranched alkanes of at least 4 members (excludes halogenated alkanes) is 1. The number of benzene rings is 1. The molecule has 37 heavy (non-hydrogen) atoms. The van der Waals surface area contributed by atoms with Gasteiger partial charge in [-0.25, -0.2) is 4.98 Å². The maximum Gasteiger partial charge on any atom is 0.290 e. The Kier molecular flexibility index (Phi) is 10.3. The number of anilines is 1. The van der Waals surface area contributed by atoms with Crippen LogP contribution < -0.4 is 15.4 Å². The van der Waals surface area contributed by atoms with Crippen molar-refractivity contribution in [1.82, 2.24) is 29.8 Å². The second-order valence-electron chi connectivity index (χ2n) is 9.49. The van der Waals surface area contributed by atoms with Crippen LogP contribution in [0.25, 0.3) is 16.7 Å². The molecular weight excluding hydrogens is 474 g/mol. The highest BCUT2D eigenvalue weighted by Crippen LogP contribution is 2.25. The van der Waals surface area contributed by atoms with Gasteiger partial charge in [-0.1, -0.05) is 12.8 Å². The highest BCUT2D eigenvalue weighted by atomic mass is 16.5. The Morgan fingerprint density at radius 1 is 1.16 bits per heavy atom. The second kappa shape index (κ2) is 14.1. The van der Waals surface area contributed by atoms with Crippen LogP contribution in [-0.4, -0.2) is 94.6 Å². The van der Waals surface area contributed by atoms with Crippen LogP contribution in [-0.2, 0) is 9.53 Å². The van der Waals surface area contributed by atoms with E-state index < -0.39 is 0 Å². The summed E-state index contributed by atoms with van der Waals surface area (Å²) < 4.78 is 13.5. The number of carbonyl (C=O) groups is 1. The number of fused-ring (bicyclic) bond motifs is 3. The monoisotopic (exact) mass is 513 g/mol. The summed E-state index contributed by atoms with van der Waals surface area (Å²) in [7, 11) is 0. The fraction of sp³-hybridized carbons (Fsp3) is 0.615. The van der Waals surface area contributed by atoms with Crippen LogP contribution in [0.2, 0.25) is 0 Å². The molecule has 11 nitrogen and oxygen atoms in total. The molecule has 0 spiro atoms. The summed E-state index contributed by atoms with van der Waals surface area (Å²) in [6.07, 6.45) is 7.66. The maximum atomic E-state index is 8.36. The number of nitrogens with one attached hydrogen (secondary N) is 2. The molecule has 0 amide bonds. The Labute approximate surface area is 217 Å². The third-order valence-corrected chi connectivity index (χ3v) is 6.92. The number of ether oxygens (including phenoxy) is 2. The lowest BCUT2D eigenvalue weighted by atomic mass is 10.2. The quantitative estimate of drug-likeness (QED) is 0.260. The number of rotatable bonds is 11. The molecule has 1 saturated heterocycles. The lowest BCUT2D eigenvalue weighted by molar-refractivity contribution is -0.122. The van der Waals surface area contributed by atoms with Crippen LogP contribution in [0.15, 0.2) is 18.2 Å². The molecule has 1 saturated carbocycles. The first-order valence-electron chi connectivity index (χ1n) is 13.3. The van der Waals surface area contributed by atoms with Crippen LogP contribution in [0.3, 0.4) is 0 Å². The van der Waals surface area contributed by atoms with Crippen LogP contribution in [0.1, 0.15) is 44.3 Å². The average Bonchev–Trinajstić information content (AvgIpc) is 3.57. The molecule has 0 bridgehead atoms. The first-order valence-corrected chi connectivity index (χ1v) is 13.3. The molecule has 0 radical (unpaired) electrons. The van der Waals surface area contributed by atoms with Gasteiger partial charge >= 0.3 is 0 Å². The molecule has 202 valence electrons. The fourth-order valence-corrected chi connectivity index (χ4v) is 4.98. The van der Waals surface area contributed by atoms with Gasteiger partial charge in [0, 0.05) is 38.3 Å². The molecular formula is C26H39N7O4. The third-order valence-electron chi connectivity index (χ3n) is 6.92. The van der Waals surface area contributed by atoms with Gasteiger partial charge in [0.15, 0.2) is 5.82 Å². The standard InChI is InChI=1S/C25H37N7O2.CH2O2/c1-19-29-30-25-24(27-11-5-4-10-26-20-6-2-3-7-20)28-22-18-21(8-9-23(22)32(19)25)34-17-14-31-12-15-33-16-13-31;2-1-3/h8-9,18,20,26H,2-7,10-17H2,1H3,(H,27,28);1H,(H,2,3). The highest BCUT2D eigenvalue weighted by Gasteiger charge is 2.15. The molecule has 0 atom stereocenters. The molecule has 2 aliphatic rings. The van der Waals surface area contributed by atoms with E-state index in [9.17, 15) is 0 Å². The van der Waals surface area contributed by atoms with Crippen molar-refractivity contribution < 1.29 is 19.4 Å². The van der Waals surface area contributed by atoms with Gasteiger partial charge in [0.05, 0.1) is 24.2 Å². The van der Waals surface area contributed by atoms with Crippen LogP contribution in [0, 0.1) is 6.92 Å². The zero-order valence-corrected chi connectivity index (χ0v) is 21.7. The van der Waals surface area contributed by atoms with E-state index in [4.69, 9.17) is 24.4 Å². The largest absolute Gasteiger partial charge is 0.492 e. The fourth-order valence-electron chi connectivity index (χ4n) is 4.98. The lowest BCUT2D eigenvalue weighted by Crippen LogP contribution is -2.38. The van der Waals surface area contributed by atoms with Crippen molar-refractivity contribution in [2.24, 2.45) is 0 Å². The summed E-state index contributed by atoms with van der Waals surface area (Å²) in [5, 5.41) is 22.8. The SMILES string of the molecule is Cc1nnc2c(NCCCCNC3CCCC3)nc3cc(OCCN4CCOCC4)ccc3n12.O=CO. The summed E-state index contributed by atoms with van der Waals surface area (Å²) in [6, 6.07) is 6.81. The zero-order chi connectivity index (χ0) is 25.9. The molecule has 1 aromatic carbocycles. The molecule has 1 aliphatic heterocycles. The molecule has 3 heterocycles. The predicted molar refractivity (Wildman–Crippen MR) is 142 cm³/mol. The first kappa shape index (κ1) is 27.0. The average molecular weight is 514 g/mol. The van der Waals surface area contributed by atoms with Crippen LogP contribution >= 0.6 is 0 Å². The van der Waals surface area contributed by atoms with Crippen molar-refractivity contribution in [2.45, 2.75) is 51.5 Å². The number of aromatic nitrogens is 4. The minimum atomic E-state index is -0.250. The number of hydrogen-bond donors (Lipinski definition) is 3. The molecule has 3 N–H and O–H groups in total. The van der Waals surface area contributed by atoms with Crippen molar-refractivity contribution in [3.63, 3.8) is 0 Å². The van der Waals surface area contributed by atoms with Gasteiger partial charge in [-0.2, -0.15) is 0 Å². The summed E-state index contributed by atoms with van der Waals surface area (Å²) in [5.74, 6) is 2.47. The minimum absolute atomic E-state index is 0.250. The number of aryl methyl sites for hydroxylation is 1. The molecule has 11 heteroatoms. The summed E-state index contributed by atoms with van der Waals surface area (Å²) in [4.78, 5) is 15.6. The van der Waals surface area contributed by atoms with Gasteiger partial charge in [-0.05, 0) is 51.3 Å². The van der Waals surface area contributed by atoms with E-state index >= 15 is 0 Å². The van der Waals surface area contributed by atoms with E-state index in [0.29, 0.717) is 6.61 Å². The minimum Gasteiger partial charge on any atom is -0.492 e. The number of carboxylic acid groups (broad SMARTS) is 1. The van der Waals surface area contributed by atoms with Crippen LogP contribution in [0.4, 0.5) is 5.82 Å². The van der Waals surface area contributed by atoms with E-state index in [-0.39, 0.29) is 6.47 Å². The van der Waals surface area contributed by atoms with Gasteiger partial charge in [0.25, 0.3) is 6.47 Å². The third kappa shape index (κ3) is 7.50. The van der Waals surface area contributed by atoms with Gasteiger partial charge in [-0.3, -0.25) is 14.1 Å². The Balaban J connectivity index is 0.00000102. The first-order chi connectivity index (χ1) is 18.2. The molecule has 1 aliphatic carbocycles. The van der Waals surface area contributed by atoms with Gasteiger partial charge in [0.2, 0.25) is 5.65 Å². The Morgan fingerprint density at radius 3 is 2.70 bits per heavy atom. The van der Waals surface area contributed by atoms with Crippen molar-refractivity contribution in [3.8, 4) is 5.75 Å². The van der Waals surface area contributed by atoms with E-state index in [2.05, 4.69) is 30.1 Å². The van der Waals surface area contributed by atoms with Gasteiger partial charge < -0.3 is 25.2 Å². The number of hydrogen-bond acceptors (Lipinski definition) is 9. The smallest absolute Gasteiger partial charge is 0.290 e. The van der Waals surface area contributed by atoms with Crippen LogP contribution in [0.5, 0.6) is 5.75 Å². The van der Waals surface area contributed by atoms with E-state index in [1.54, 1.807) is 0 Å². The molecule has 3 aromatic rings. The maximum absolute atomic E-state index is 8.36.